The molecule has 1 fully saturated rings. The topological polar surface area (TPSA) is 46.4 Å². The summed E-state index contributed by atoms with van der Waals surface area (Å²) in [5, 5.41) is 4.99. The number of aromatic nitrogens is 2. The Morgan fingerprint density at radius 3 is 2.81 bits per heavy atom. The van der Waals surface area contributed by atoms with Gasteiger partial charge in [0.25, 0.3) is 0 Å². The van der Waals surface area contributed by atoms with Crippen LogP contribution in [0.25, 0.3) is 16.2 Å². The summed E-state index contributed by atoms with van der Waals surface area (Å²) < 4.78 is 2.02. The second-order valence-electron chi connectivity index (χ2n) is 5.61. The van der Waals surface area contributed by atoms with E-state index in [2.05, 4.69) is 17.2 Å². The standard InChI is InChI=1S/C16H15N3OS/c1-10-8-13(10)15(20)17-12-4-2-11(3-5-12)14-9-19-6-7-21-16(19)18-14/h2-7,9-10,13H,8H2,1H3,(H,17,20)/t10-,13+/m1/s1. The first kappa shape index (κ1) is 12.6. The molecule has 1 aliphatic carbocycles. The molecule has 1 aliphatic rings. The normalized spacial score (nSPS) is 20.6. The number of nitrogens with one attached hydrogen (secondary N) is 1. The summed E-state index contributed by atoms with van der Waals surface area (Å²) in [4.78, 5) is 17.5. The Bertz CT molecular complexity index is 774. The van der Waals surface area contributed by atoms with E-state index in [0.717, 1.165) is 28.3 Å². The number of carbonyl (C=O) groups excluding carboxylic acids is 1. The fraction of sp³-hybridized carbons (Fsp3) is 0.250. The van der Waals surface area contributed by atoms with E-state index in [-0.39, 0.29) is 11.8 Å². The highest BCUT2D eigenvalue weighted by atomic mass is 32.1. The molecule has 2 atom stereocenters. The largest absolute Gasteiger partial charge is 0.326 e. The van der Waals surface area contributed by atoms with Crippen LogP contribution in [0.4, 0.5) is 5.69 Å². The minimum Gasteiger partial charge on any atom is -0.326 e. The first-order valence-electron chi connectivity index (χ1n) is 7.04. The zero-order chi connectivity index (χ0) is 14.4. The van der Waals surface area contributed by atoms with E-state index in [0.29, 0.717) is 5.92 Å². The summed E-state index contributed by atoms with van der Waals surface area (Å²) in [6, 6.07) is 7.87. The summed E-state index contributed by atoms with van der Waals surface area (Å²) in [7, 11) is 0. The molecule has 0 bridgehead atoms. The molecular weight excluding hydrogens is 282 g/mol. The lowest BCUT2D eigenvalue weighted by molar-refractivity contribution is -0.117. The molecule has 1 amide bonds. The van der Waals surface area contributed by atoms with E-state index in [4.69, 9.17) is 0 Å². The van der Waals surface area contributed by atoms with E-state index in [1.165, 1.54) is 0 Å². The summed E-state index contributed by atoms with van der Waals surface area (Å²) in [5.41, 5.74) is 2.86. The summed E-state index contributed by atoms with van der Waals surface area (Å²) in [6.45, 7) is 2.11. The highest BCUT2D eigenvalue weighted by molar-refractivity contribution is 7.15. The number of thiazole rings is 1. The minimum atomic E-state index is 0.137. The molecule has 3 aromatic rings. The summed E-state index contributed by atoms with van der Waals surface area (Å²) >= 11 is 1.62. The molecule has 2 heterocycles. The molecule has 0 spiro atoms. The molecule has 4 rings (SSSR count). The van der Waals surface area contributed by atoms with Crippen molar-refractivity contribution in [2.24, 2.45) is 11.8 Å². The van der Waals surface area contributed by atoms with Crippen LogP contribution in [-0.2, 0) is 4.79 Å². The van der Waals surface area contributed by atoms with Gasteiger partial charge in [-0.15, -0.1) is 11.3 Å². The van der Waals surface area contributed by atoms with E-state index < -0.39 is 0 Å². The second-order valence-corrected chi connectivity index (χ2v) is 6.48. The molecule has 0 aliphatic heterocycles. The lowest BCUT2D eigenvalue weighted by atomic mass is 10.1. The predicted molar refractivity (Wildman–Crippen MR) is 84.4 cm³/mol. The molecule has 0 unspecified atom stereocenters. The van der Waals surface area contributed by atoms with E-state index in [1.807, 2.05) is 46.4 Å². The van der Waals surface area contributed by atoms with Gasteiger partial charge in [0.15, 0.2) is 4.96 Å². The molecule has 21 heavy (non-hydrogen) atoms. The first-order chi connectivity index (χ1) is 10.2. The number of imidazole rings is 1. The van der Waals surface area contributed by atoms with Crippen molar-refractivity contribution < 1.29 is 4.79 Å². The van der Waals surface area contributed by atoms with Crippen LogP contribution in [0.5, 0.6) is 0 Å². The van der Waals surface area contributed by atoms with Gasteiger partial charge < -0.3 is 5.32 Å². The molecule has 106 valence electrons. The predicted octanol–water partition coefficient (Wildman–Crippen LogP) is 3.66. The monoisotopic (exact) mass is 297 g/mol. The van der Waals surface area contributed by atoms with E-state index in [9.17, 15) is 4.79 Å². The van der Waals surface area contributed by atoms with Gasteiger partial charge in [0.2, 0.25) is 5.91 Å². The van der Waals surface area contributed by atoms with Crippen LogP contribution in [0, 0.1) is 11.8 Å². The SMILES string of the molecule is C[C@@H]1C[C@@H]1C(=O)Nc1ccc(-c2cn3ccsc3n2)cc1. The van der Waals surface area contributed by atoms with Crippen LogP contribution in [0.3, 0.4) is 0 Å². The zero-order valence-corrected chi connectivity index (χ0v) is 12.4. The molecule has 2 aromatic heterocycles. The van der Waals surface area contributed by atoms with Crippen molar-refractivity contribution in [3.63, 3.8) is 0 Å². The van der Waals surface area contributed by atoms with Gasteiger partial charge in [-0.25, -0.2) is 4.98 Å². The fourth-order valence-corrected chi connectivity index (χ4v) is 3.21. The van der Waals surface area contributed by atoms with Gasteiger partial charge in [0.1, 0.15) is 0 Å². The van der Waals surface area contributed by atoms with Crippen LogP contribution < -0.4 is 5.32 Å². The average molecular weight is 297 g/mol. The highest BCUT2D eigenvalue weighted by Crippen LogP contribution is 2.38. The van der Waals surface area contributed by atoms with Gasteiger partial charge in [-0.05, 0) is 24.5 Å². The maximum absolute atomic E-state index is 11.9. The van der Waals surface area contributed by atoms with Crippen molar-refractivity contribution in [1.82, 2.24) is 9.38 Å². The quantitative estimate of drug-likeness (QED) is 0.802. The van der Waals surface area contributed by atoms with Gasteiger partial charge in [-0.3, -0.25) is 9.20 Å². The van der Waals surface area contributed by atoms with Crippen molar-refractivity contribution in [1.29, 1.82) is 0 Å². The molecule has 5 heteroatoms. The van der Waals surface area contributed by atoms with Crippen LogP contribution in [0.2, 0.25) is 0 Å². The Kier molecular flexibility index (Phi) is 2.82. The zero-order valence-electron chi connectivity index (χ0n) is 11.6. The number of hydrogen-bond acceptors (Lipinski definition) is 3. The van der Waals surface area contributed by atoms with E-state index >= 15 is 0 Å². The third-order valence-electron chi connectivity index (χ3n) is 3.99. The van der Waals surface area contributed by atoms with Gasteiger partial charge >= 0.3 is 0 Å². The number of hydrogen-bond donors (Lipinski definition) is 1. The van der Waals surface area contributed by atoms with Gasteiger partial charge in [0, 0.05) is 34.9 Å². The number of fused-ring (bicyclic) bond motifs is 1. The lowest BCUT2D eigenvalue weighted by Crippen LogP contribution is -2.14. The number of anilines is 1. The van der Waals surface area contributed by atoms with Crippen LogP contribution in [0.1, 0.15) is 13.3 Å². The highest BCUT2D eigenvalue weighted by Gasteiger charge is 2.38. The van der Waals surface area contributed by atoms with Crippen molar-refractivity contribution in [2.45, 2.75) is 13.3 Å². The summed E-state index contributed by atoms with van der Waals surface area (Å²) in [6.07, 6.45) is 5.03. The Balaban J connectivity index is 1.53. The van der Waals surface area contributed by atoms with E-state index in [1.54, 1.807) is 11.3 Å². The third kappa shape index (κ3) is 2.34. The Hall–Kier alpha value is -2.14. The van der Waals surface area contributed by atoms with Crippen molar-refractivity contribution in [2.75, 3.05) is 5.32 Å². The molecule has 0 saturated heterocycles. The lowest BCUT2D eigenvalue weighted by Gasteiger charge is -2.05. The maximum Gasteiger partial charge on any atom is 0.227 e. The van der Waals surface area contributed by atoms with Gasteiger partial charge in [-0.2, -0.15) is 0 Å². The molecule has 1 aromatic carbocycles. The molecule has 4 nitrogen and oxygen atoms in total. The smallest absolute Gasteiger partial charge is 0.227 e. The molecule has 0 radical (unpaired) electrons. The molecular formula is C16H15N3OS. The number of benzene rings is 1. The minimum absolute atomic E-state index is 0.137. The first-order valence-corrected chi connectivity index (χ1v) is 7.92. The average Bonchev–Trinajstić information content (AvgIpc) is 2.87. The number of carbonyl (C=O) groups is 1. The number of rotatable bonds is 3. The Morgan fingerprint density at radius 2 is 2.14 bits per heavy atom. The second kappa shape index (κ2) is 4.70. The molecule has 1 N–H and O–H groups in total. The van der Waals surface area contributed by atoms with Crippen molar-refractivity contribution >= 4 is 27.9 Å². The van der Waals surface area contributed by atoms with Crippen LogP contribution in [-0.4, -0.2) is 15.3 Å². The summed E-state index contributed by atoms with van der Waals surface area (Å²) in [5.74, 6) is 0.866. The fourth-order valence-electron chi connectivity index (χ4n) is 2.51. The number of amides is 1. The number of nitrogens with zero attached hydrogens (tertiary/aromatic N) is 2. The van der Waals surface area contributed by atoms with Gasteiger partial charge in [-0.1, -0.05) is 19.1 Å². The molecule has 1 saturated carbocycles. The van der Waals surface area contributed by atoms with Crippen LogP contribution in [0.15, 0.2) is 42.0 Å². The Labute approximate surface area is 126 Å². The van der Waals surface area contributed by atoms with Crippen LogP contribution >= 0.6 is 11.3 Å². The van der Waals surface area contributed by atoms with Crippen molar-refractivity contribution in [3.05, 3.63) is 42.0 Å². The maximum atomic E-state index is 11.9. The Morgan fingerprint density at radius 1 is 1.38 bits per heavy atom. The third-order valence-corrected chi connectivity index (χ3v) is 4.76. The van der Waals surface area contributed by atoms with Gasteiger partial charge in [0.05, 0.1) is 5.69 Å². The van der Waals surface area contributed by atoms with Crippen molar-refractivity contribution in [3.8, 4) is 11.3 Å².